The van der Waals surface area contributed by atoms with Gasteiger partial charge < -0.3 is 24.0 Å². The largest absolute Gasteiger partial charge is 0.381 e. The summed E-state index contributed by atoms with van der Waals surface area (Å²) in [7, 11) is 0. The van der Waals surface area contributed by atoms with Crippen LogP contribution in [0.15, 0.2) is 48.9 Å². The number of fused-ring (bicyclic) bond motifs is 2. The van der Waals surface area contributed by atoms with E-state index in [1.54, 1.807) is 17.3 Å². The molecule has 0 bridgehead atoms. The first-order valence-electron chi connectivity index (χ1n) is 17.1. The molecule has 3 aliphatic heterocycles. The third-order valence-electron chi connectivity index (χ3n) is 10.5. The van der Waals surface area contributed by atoms with Crippen LogP contribution in [0, 0.1) is 30.0 Å². The Morgan fingerprint density at radius 1 is 1.06 bits per heavy atom. The Kier molecular flexibility index (Phi) is 9.03. The molecule has 250 valence electrons. The summed E-state index contributed by atoms with van der Waals surface area (Å²) in [5.74, 6) is 0.721. The number of anilines is 3. The number of carbonyl (C=O) groups excluding carboxylic acids is 1. The van der Waals surface area contributed by atoms with Crippen molar-refractivity contribution in [1.82, 2.24) is 24.3 Å². The molecule has 0 atom stereocenters. The molecule has 10 nitrogen and oxygen atoms in total. The van der Waals surface area contributed by atoms with Crippen LogP contribution in [0.1, 0.15) is 53.9 Å². The number of nitriles is 1. The van der Waals surface area contributed by atoms with Crippen molar-refractivity contribution in [3.63, 3.8) is 0 Å². The molecule has 2 aromatic carbocycles. The van der Waals surface area contributed by atoms with Gasteiger partial charge in [-0.25, -0.2) is 14.4 Å². The van der Waals surface area contributed by atoms with Gasteiger partial charge in [0.1, 0.15) is 29.6 Å². The molecule has 0 N–H and O–H groups in total. The molecule has 48 heavy (non-hydrogen) atoms. The first-order chi connectivity index (χ1) is 23.4. The molecule has 1 amide bonds. The number of ether oxygens (including phenoxy) is 1. The van der Waals surface area contributed by atoms with E-state index in [-0.39, 0.29) is 5.91 Å². The number of amides is 1. The van der Waals surface area contributed by atoms with E-state index in [2.05, 4.69) is 49.4 Å². The van der Waals surface area contributed by atoms with Crippen molar-refractivity contribution in [2.45, 2.75) is 52.7 Å². The maximum absolute atomic E-state index is 14.5. The van der Waals surface area contributed by atoms with Gasteiger partial charge >= 0.3 is 0 Å². The molecule has 3 aliphatic rings. The van der Waals surface area contributed by atoms with Crippen LogP contribution in [0.25, 0.3) is 10.9 Å². The van der Waals surface area contributed by atoms with Gasteiger partial charge in [0.15, 0.2) is 5.82 Å². The maximum Gasteiger partial charge on any atom is 0.256 e. The smallest absolute Gasteiger partial charge is 0.256 e. The lowest BCUT2D eigenvalue weighted by molar-refractivity contribution is -0.0389. The normalized spacial score (nSPS) is 17.3. The highest BCUT2D eigenvalue weighted by molar-refractivity contribution is 6.01. The number of halogens is 1. The number of likely N-dealkylation sites (tertiary alicyclic amines) is 1. The summed E-state index contributed by atoms with van der Waals surface area (Å²) in [6.07, 6.45) is 5.40. The summed E-state index contributed by atoms with van der Waals surface area (Å²) in [4.78, 5) is 31.3. The highest BCUT2D eigenvalue weighted by atomic mass is 19.1. The number of rotatable bonds is 9. The van der Waals surface area contributed by atoms with E-state index in [0.717, 1.165) is 81.2 Å². The van der Waals surface area contributed by atoms with Crippen LogP contribution < -0.4 is 9.80 Å². The van der Waals surface area contributed by atoms with Crippen molar-refractivity contribution >= 4 is 34.0 Å². The zero-order valence-corrected chi connectivity index (χ0v) is 28.0. The highest BCUT2D eigenvalue weighted by Crippen LogP contribution is 2.40. The molecular formula is C37H43FN8O2. The third kappa shape index (κ3) is 5.88. The second-order valence-electron chi connectivity index (χ2n) is 13.2. The molecule has 2 aromatic heterocycles. The lowest BCUT2D eigenvalue weighted by Gasteiger charge is -2.44. The summed E-state index contributed by atoms with van der Waals surface area (Å²) >= 11 is 0. The Morgan fingerprint density at radius 2 is 1.85 bits per heavy atom. The summed E-state index contributed by atoms with van der Waals surface area (Å²) in [5, 5.41) is 11.0. The van der Waals surface area contributed by atoms with E-state index in [9.17, 15) is 14.4 Å². The van der Waals surface area contributed by atoms with Crippen molar-refractivity contribution < 1.29 is 13.9 Å². The zero-order valence-electron chi connectivity index (χ0n) is 28.0. The van der Waals surface area contributed by atoms with Gasteiger partial charge in [-0.2, -0.15) is 5.26 Å². The topological polar surface area (TPSA) is 93.8 Å². The summed E-state index contributed by atoms with van der Waals surface area (Å²) < 4.78 is 22.0. The number of hydrogen-bond acceptors (Lipinski definition) is 8. The van der Waals surface area contributed by atoms with E-state index in [0.29, 0.717) is 48.5 Å². The Morgan fingerprint density at radius 3 is 2.56 bits per heavy atom. The quantitative estimate of drug-likeness (QED) is 0.235. The molecule has 4 aromatic rings. The van der Waals surface area contributed by atoms with E-state index in [4.69, 9.17) is 9.72 Å². The minimum absolute atomic E-state index is 0.177. The van der Waals surface area contributed by atoms with Gasteiger partial charge in [0.05, 0.1) is 30.7 Å². The second kappa shape index (κ2) is 13.5. The van der Waals surface area contributed by atoms with Gasteiger partial charge in [-0.15, -0.1) is 0 Å². The van der Waals surface area contributed by atoms with Gasteiger partial charge in [0, 0.05) is 75.2 Å². The second-order valence-corrected chi connectivity index (χ2v) is 13.2. The van der Waals surface area contributed by atoms with Crippen LogP contribution in [-0.2, 0) is 17.8 Å². The fraction of sp³-hybridized carbons (Fsp3) is 0.459. The Labute approximate surface area is 281 Å². The molecule has 5 heterocycles. The number of aromatic nitrogens is 3. The number of piperidine rings is 1. The van der Waals surface area contributed by atoms with Gasteiger partial charge in [-0.3, -0.25) is 9.69 Å². The molecule has 0 spiro atoms. The van der Waals surface area contributed by atoms with Crippen LogP contribution in [0.3, 0.4) is 0 Å². The number of nitrogens with zero attached hydrogens (tertiary/aromatic N) is 8. The summed E-state index contributed by atoms with van der Waals surface area (Å²) in [6, 6.07) is 13.7. The van der Waals surface area contributed by atoms with Gasteiger partial charge in [-0.1, -0.05) is 6.07 Å². The minimum atomic E-state index is -0.427. The van der Waals surface area contributed by atoms with E-state index in [1.165, 1.54) is 23.3 Å². The van der Waals surface area contributed by atoms with Crippen LogP contribution >= 0.6 is 0 Å². The van der Waals surface area contributed by atoms with E-state index < -0.39 is 5.82 Å². The molecule has 0 aliphatic carbocycles. The van der Waals surface area contributed by atoms with Gasteiger partial charge in [0.25, 0.3) is 5.91 Å². The Bertz CT molecular complexity index is 1850. The molecule has 0 radical (unpaired) electrons. The molecule has 0 unspecified atom stereocenters. The molecule has 0 saturated carbocycles. The number of carbonyl (C=O) groups is 1. The molecule has 11 heteroatoms. The highest BCUT2D eigenvalue weighted by Gasteiger charge is 2.34. The molecule has 2 saturated heterocycles. The maximum atomic E-state index is 14.5. The molecule has 7 rings (SSSR count). The Balaban J connectivity index is 1.06. The third-order valence-corrected chi connectivity index (χ3v) is 10.5. The monoisotopic (exact) mass is 650 g/mol. The van der Waals surface area contributed by atoms with Crippen LogP contribution in [0.5, 0.6) is 0 Å². The van der Waals surface area contributed by atoms with E-state index >= 15 is 0 Å². The molecule has 2 fully saturated rings. The lowest BCUT2D eigenvalue weighted by Crippen LogP contribution is -2.50. The fourth-order valence-corrected chi connectivity index (χ4v) is 7.62. The SMILES string of the molecule is CCN(CC)C(=O)c1cc(F)ccc1N1CCN(C2CCN(Cc3ccc4c(cc(C#N)n4CC4COC4)c3C)CC2)c2ncncc21. The van der Waals surface area contributed by atoms with Crippen LogP contribution in [0.2, 0.25) is 0 Å². The number of benzene rings is 2. The van der Waals surface area contributed by atoms with Crippen molar-refractivity contribution in [2.24, 2.45) is 5.92 Å². The minimum Gasteiger partial charge on any atom is -0.381 e. The lowest BCUT2D eigenvalue weighted by atomic mass is 9.99. The average Bonchev–Trinajstić information content (AvgIpc) is 3.46. The predicted molar refractivity (Wildman–Crippen MR) is 184 cm³/mol. The van der Waals surface area contributed by atoms with Crippen molar-refractivity contribution in [3.05, 3.63) is 77.1 Å². The van der Waals surface area contributed by atoms with E-state index in [1.807, 2.05) is 26.1 Å². The standard InChI is InChI=1S/C37H43FN8O2/c1-4-43(5-2)37(47)32-16-28(38)7-9-34(32)45-15-14-44(36-35(45)19-40-24-41-36)29-10-12-42(13-11-29)21-27-6-8-33-31(25(27)3)17-30(18-39)46(33)20-26-22-48-23-26/h6-9,16-17,19,24,26,29H,4-5,10-15,20-23H2,1-3H3. The number of hydrogen-bond donors (Lipinski definition) is 0. The Hall–Kier alpha value is -4.53. The van der Waals surface area contributed by atoms with Crippen molar-refractivity contribution in [3.8, 4) is 6.07 Å². The van der Waals surface area contributed by atoms with Gasteiger partial charge in [0.2, 0.25) is 0 Å². The molecular weight excluding hydrogens is 607 g/mol. The van der Waals surface area contributed by atoms with Gasteiger partial charge in [-0.05, 0) is 75.1 Å². The first-order valence-corrected chi connectivity index (χ1v) is 17.1. The fourth-order valence-electron chi connectivity index (χ4n) is 7.62. The van der Waals surface area contributed by atoms with Crippen LogP contribution in [-0.4, -0.2) is 88.8 Å². The zero-order chi connectivity index (χ0) is 33.4. The van der Waals surface area contributed by atoms with Crippen LogP contribution in [0.4, 0.5) is 21.6 Å². The summed E-state index contributed by atoms with van der Waals surface area (Å²) in [5.41, 5.74) is 6.27. The first kappa shape index (κ1) is 32.0. The average molecular weight is 651 g/mol. The number of aryl methyl sites for hydroxylation is 1. The van der Waals surface area contributed by atoms with Crippen molar-refractivity contribution in [2.75, 3.05) is 62.3 Å². The van der Waals surface area contributed by atoms with Crippen molar-refractivity contribution in [1.29, 1.82) is 5.26 Å². The summed E-state index contributed by atoms with van der Waals surface area (Å²) in [6.45, 7) is 13.7. The predicted octanol–water partition coefficient (Wildman–Crippen LogP) is 5.50.